The van der Waals surface area contributed by atoms with Crippen LogP contribution in [-0.4, -0.2) is 17.1 Å². The van der Waals surface area contributed by atoms with E-state index in [1.807, 2.05) is 0 Å². The number of halogens is 2. The van der Waals surface area contributed by atoms with Crippen LogP contribution in [0, 0.1) is 11.6 Å². The number of nitrogens with one attached hydrogen (secondary N) is 1. The molecule has 1 fully saturated rings. The van der Waals surface area contributed by atoms with E-state index in [0.29, 0.717) is 24.2 Å². The van der Waals surface area contributed by atoms with Crippen molar-refractivity contribution in [2.24, 2.45) is 0 Å². The summed E-state index contributed by atoms with van der Waals surface area (Å²) in [5, 5.41) is 2.16. The van der Waals surface area contributed by atoms with Gasteiger partial charge in [-0.15, -0.1) is 0 Å². The predicted molar refractivity (Wildman–Crippen MR) is 67.8 cm³/mol. The second kappa shape index (κ2) is 5.76. The molecule has 2 unspecified atom stereocenters. The number of nitrogens with zero attached hydrogens (tertiary/aromatic N) is 1. The van der Waals surface area contributed by atoms with Gasteiger partial charge in [-0.1, -0.05) is 6.42 Å². The third kappa shape index (κ3) is 3.06. The minimum Gasteiger partial charge on any atom is -0.250 e. The zero-order valence-corrected chi connectivity index (χ0v) is 10.9. The van der Waals surface area contributed by atoms with E-state index >= 15 is 0 Å². The molecule has 1 aromatic rings. The second-order valence-electron chi connectivity index (χ2n) is 5.11. The Morgan fingerprint density at radius 1 is 1.22 bits per heavy atom. The molecule has 2 atom stereocenters. The van der Waals surface area contributed by atoms with Crippen LogP contribution in [0.1, 0.15) is 38.7 Å². The monoisotopic (exact) mass is 254 g/mol. The molecule has 0 radical (unpaired) electrons. The van der Waals surface area contributed by atoms with E-state index in [9.17, 15) is 8.78 Å². The van der Waals surface area contributed by atoms with Crippen molar-refractivity contribution >= 4 is 0 Å². The maximum Gasteiger partial charge on any atom is 0.127 e. The quantitative estimate of drug-likeness (QED) is 0.891. The number of benzene rings is 1. The minimum absolute atomic E-state index is 0.332. The fourth-order valence-corrected chi connectivity index (χ4v) is 2.59. The fraction of sp³-hybridized carbons (Fsp3) is 0.571. The predicted octanol–water partition coefficient (Wildman–Crippen LogP) is 3.23. The van der Waals surface area contributed by atoms with Gasteiger partial charge in [0.2, 0.25) is 0 Å². The normalized spacial score (nSPS) is 25.3. The Bertz CT molecular complexity index is 399. The van der Waals surface area contributed by atoms with Crippen molar-refractivity contribution in [3.63, 3.8) is 0 Å². The van der Waals surface area contributed by atoms with E-state index in [2.05, 4.69) is 24.3 Å². The molecule has 1 aromatic carbocycles. The first-order chi connectivity index (χ1) is 8.58. The summed E-state index contributed by atoms with van der Waals surface area (Å²) in [6.07, 6.45) is 3.51. The van der Waals surface area contributed by atoms with Crippen molar-refractivity contribution < 1.29 is 8.78 Å². The van der Waals surface area contributed by atoms with Crippen LogP contribution < -0.4 is 5.43 Å². The van der Waals surface area contributed by atoms with Crippen LogP contribution in [0.2, 0.25) is 0 Å². The highest BCUT2D eigenvalue weighted by molar-refractivity contribution is 5.18. The molecular formula is C14H20F2N2. The Balaban J connectivity index is 1.99. The Morgan fingerprint density at radius 2 is 1.89 bits per heavy atom. The van der Waals surface area contributed by atoms with Gasteiger partial charge in [0.05, 0.1) is 0 Å². The Morgan fingerprint density at radius 3 is 2.56 bits per heavy atom. The topological polar surface area (TPSA) is 15.3 Å². The van der Waals surface area contributed by atoms with Crippen molar-refractivity contribution in [3.8, 4) is 0 Å². The molecular weight excluding hydrogens is 234 g/mol. The molecule has 4 heteroatoms. The van der Waals surface area contributed by atoms with Gasteiger partial charge in [0, 0.05) is 24.2 Å². The number of hydrazine groups is 1. The number of rotatable bonds is 3. The van der Waals surface area contributed by atoms with Gasteiger partial charge in [-0.2, -0.15) is 0 Å². The molecule has 2 nitrogen and oxygen atoms in total. The lowest BCUT2D eigenvalue weighted by Gasteiger charge is -2.39. The molecule has 2 rings (SSSR count). The average Bonchev–Trinajstić information content (AvgIpc) is 2.33. The molecule has 1 aliphatic rings. The van der Waals surface area contributed by atoms with Crippen LogP contribution in [0.15, 0.2) is 18.2 Å². The summed E-state index contributed by atoms with van der Waals surface area (Å²) in [5.74, 6) is -0.755. The molecule has 0 saturated carbocycles. The molecule has 0 amide bonds. The van der Waals surface area contributed by atoms with Gasteiger partial charge in [-0.25, -0.2) is 13.8 Å². The van der Waals surface area contributed by atoms with Gasteiger partial charge in [-0.05, 0) is 44.9 Å². The van der Waals surface area contributed by atoms with Crippen LogP contribution >= 0.6 is 0 Å². The summed E-state index contributed by atoms with van der Waals surface area (Å²) in [7, 11) is 0. The van der Waals surface area contributed by atoms with E-state index in [4.69, 9.17) is 0 Å². The summed E-state index contributed by atoms with van der Waals surface area (Å²) in [5.41, 5.74) is 3.61. The highest BCUT2D eigenvalue weighted by atomic mass is 19.1. The van der Waals surface area contributed by atoms with Gasteiger partial charge in [0.25, 0.3) is 0 Å². The van der Waals surface area contributed by atoms with Crippen molar-refractivity contribution in [2.45, 2.75) is 51.7 Å². The molecule has 0 aromatic heterocycles. The first-order valence-corrected chi connectivity index (χ1v) is 6.53. The first kappa shape index (κ1) is 13.4. The van der Waals surface area contributed by atoms with E-state index in [1.165, 1.54) is 18.6 Å². The molecule has 1 heterocycles. The standard InChI is InChI=1S/C14H20F2N2/c1-10-4-3-5-11(2)18(10)17-9-12-8-13(15)6-7-14(12)16/h6-8,10-11,17H,3-5,9H2,1-2H3. The number of hydrogen-bond acceptors (Lipinski definition) is 2. The van der Waals surface area contributed by atoms with Gasteiger partial charge in [0.1, 0.15) is 11.6 Å². The summed E-state index contributed by atoms with van der Waals surface area (Å²) in [6.45, 7) is 4.65. The summed E-state index contributed by atoms with van der Waals surface area (Å²) < 4.78 is 26.6. The summed E-state index contributed by atoms with van der Waals surface area (Å²) >= 11 is 0. The van der Waals surface area contributed by atoms with Gasteiger partial charge < -0.3 is 0 Å². The van der Waals surface area contributed by atoms with Crippen LogP contribution in [0.4, 0.5) is 8.78 Å². The third-order valence-electron chi connectivity index (χ3n) is 3.65. The summed E-state index contributed by atoms with van der Waals surface area (Å²) in [4.78, 5) is 0. The van der Waals surface area contributed by atoms with Crippen LogP contribution in [-0.2, 0) is 6.54 Å². The zero-order chi connectivity index (χ0) is 13.1. The number of piperidine rings is 1. The van der Waals surface area contributed by atoms with Gasteiger partial charge in [0.15, 0.2) is 0 Å². The van der Waals surface area contributed by atoms with Crippen molar-refractivity contribution in [1.29, 1.82) is 0 Å². The third-order valence-corrected chi connectivity index (χ3v) is 3.65. The highest BCUT2D eigenvalue weighted by Gasteiger charge is 2.24. The Hall–Kier alpha value is -1.00. The maximum absolute atomic E-state index is 13.5. The van der Waals surface area contributed by atoms with Crippen LogP contribution in [0.3, 0.4) is 0 Å². The fourth-order valence-electron chi connectivity index (χ4n) is 2.59. The van der Waals surface area contributed by atoms with E-state index in [-0.39, 0.29) is 5.82 Å². The van der Waals surface area contributed by atoms with Crippen molar-refractivity contribution in [2.75, 3.05) is 0 Å². The van der Waals surface area contributed by atoms with Crippen LogP contribution in [0.5, 0.6) is 0 Å². The van der Waals surface area contributed by atoms with E-state index < -0.39 is 5.82 Å². The Labute approximate surface area is 107 Å². The van der Waals surface area contributed by atoms with Gasteiger partial charge in [-0.3, -0.25) is 5.43 Å². The molecule has 18 heavy (non-hydrogen) atoms. The second-order valence-corrected chi connectivity index (χ2v) is 5.11. The maximum atomic E-state index is 13.5. The molecule has 100 valence electrons. The van der Waals surface area contributed by atoms with E-state index in [1.54, 1.807) is 0 Å². The Kier molecular flexibility index (Phi) is 4.30. The molecule has 1 N–H and O–H groups in total. The lowest BCUT2D eigenvalue weighted by atomic mass is 10.00. The first-order valence-electron chi connectivity index (χ1n) is 6.53. The van der Waals surface area contributed by atoms with Crippen molar-refractivity contribution in [3.05, 3.63) is 35.4 Å². The molecule has 0 bridgehead atoms. The lowest BCUT2D eigenvalue weighted by Crippen LogP contribution is -2.51. The SMILES string of the molecule is CC1CCCC(C)N1NCc1cc(F)ccc1F. The van der Waals surface area contributed by atoms with Crippen LogP contribution in [0.25, 0.3) is 0 Å². The molecule has 1 saturated heterocycles. The van der Waals surface area contributed by atoms with Crippen molar-refractivity contribution in [1.82, 2.24) is 10.4 Å². The number of hydrogen-bond donors (Lipinski definition) is 1. The molecule has 0 aliphatic carbocycles. The smallest absolute Gasteiger partial charge is 0.127 e. The lowest BCUT2D eigenvalue weighted by molar-refractivity contribution is 0.0431. The minimum atomic E-state index is -0.395. The van der Waals surface area contributed by atoms with E-state index in [0.717, 1.165) is 18.9 Å². The zero-order valence-electron chi connectivity index (χ0n) is 10.9. The summed E-state index contributed by atoms with van der Waals surface area (Å²) in [6, 6.07) is 4.44. The molecule has 0 spiro atoms. The molecule has 1 aliphatic heterocycles. The van der Waals surface area contributed by atoms with Gasteiger partial charge >= 0.3 is 0 Å². The highest BCUT2D eigenvalue weighted by Crippen LogP contribution is 2.20. The largest absolute Gasteiger partial charge is 0.250 e. The average molecular weight is 254 g/mol.